The molecule has 1 amide bonds. The molecule has 2 aliphatic carbocycles. The Kier molecular flexibility index (Phi) is 7.57. The molecule has 0 spiro atoms. The third kappa shape index (κ3) is 5.18. The molecule has 3 aliphatic rings. The van der Waals surface area contributed by atoms with Gasteiger partial charge in [0.05, 0.1) is 30.1 Å². The van der Waals surface area contributed by atoms with Gasteiger partial charge in [-0.15, -0.1) is 0 Å². The van der Waals surface area contributed by atoms with Crippen LogP contribution in [0, 0.1) is 10.1 Å². The Bertz CT molecular complexity index is 965. The van der Waals surface area contributed by atoms with Crippen LogP contribution >= 0.6 is 11.8 Å². The zero-order valence-corrected chi connectivity index (χ0v) is 20.1. The Hall–Kier alpha value is -2.55. The van der Waals surface area contributed by atoms with Crippen LogP contribution in [-0.2, 0) is 4.79 Å². The van der Waals surface area contributed by atoms with Crippen molar-refractivity contribution in [3.63, 3.8) is 0 Å². The van der Waals surface area contributed by atoms with Crippen molar-refractivity contribution in [2.45, 2.75) is 76.3 Å². The van der Waals surface area contributed by atoms with Crippen LogP contribution in [0.5, 0.6) is 11.5 Å². The number of carbonyl (C=O) groups excluding carboxylic acids is 1. The number of amidine groups is 1. The molecule has 8 nitrogen and oxygen atoms in total. The molecule has 33 heavy (non-hydrogen) atoms. The number of hydrogen-bond donors (Lipinski definition) is 0. The van der Waals surface area contributed by atoms with Crippen LogP contribution in [0.15, 0.2) is 22.0 Å². The van der Waals surface area contributed by atoms with E-state index in [1.807, 2.05) is 4.90 Å². The van der Waals surface area contributed by atoms with Gasteiger partial charge in [-0.3, -0.25) is 24.8 Å². The molecule has 0 unspecified atom stereocenters. The zero-order valence-electron chi connectivity index (χ0n) is 19.2. The summed E-state index contributed by atoms with van der Waals surface area (Å²) in [5.41, 5.74) is 0.309. The van der Waals surface area contributed by atoms with E-state index in [1.165, 1.54) is 63.8 Å². The van der Waals surface area contributed by atoms with Crippen LogP contribution in [0.3, 0.4) is 0 Å². The average molecular weight is 474 g/mol. The van der Waals surface area contributed by atoms with E-state index in [1.54, 1.807) is 6.08 Å². The second kappa shape index (κ2) is 10.6. The van der Waals surface area contributed by atoms with Gasteiger partial charge in [0.1, 0.15) is 5.75 Å². The molecule has 0 bridgehead atoms. The Labute approximate surface area is 198 Å². The Morgan fingerprint density at radius 1 is 1.03 bits per heavy atom. The van der Waals surface area contributed by atoms with E-state index in [4.69, 9.17) is 14.5 Å². The molecule has 3 fully saturated rings. The van der Waals surface area contributed by atoms with Crippen LogP contribution in [0.1, 0.15) is 69.8 Å². The molecule has 1 aliphatic heterocycles. The van der Waals surface area contributed by atoms with Gasteiger partial charge in [0.25, 0.3) is 5.91 Å². The minimum Gasteiger partial charge on any atom is -0.496 e. The Morgan fingerprint density at radius 2 is 1.67 bits per heavy atom. The SMILES string of the molecule is COc1cc(OC)c([N+](=O)[O-])cc1C=C1SC(=NC2CCCCC2)N(C2CCCCC2)C1=O. The molecule has 0 atom stereocenters. The first-order valence-electron chi connectivity index (χ1n) is 11.7. The van der Waals surface area contributed by atoms with Crippen molar-refractivity contribution in [1.82, 2.24) is 4.90 Å². The van der Waals surface area contributed by atoms with Gasteiger partial charge >= 0.3 is 5.69 Å². The predicted molar refractivity (Wildman–Crippen MR) is 130 cm³/mol. The fraction of sp³-hybridized carbons (Fsp3) is 0.583. The number of rotatable bonds is 6. The lowest BCUT2D eigenvalue weighted by Crippen LogP contribution is -2.41. The summed E-state index contributed by atoms with van der Waals surface area (Å²) in [5.74, 6) is 0.468. The highest BCUT2D eigenvalue weighted by atomic mass is 32.2. The quantitative estimate of drug-likeness (QED) is 0.305. The van der Waals surface area contributed by atoms with E-state index in [2.05, 4.69) is 0 Å². The van der Waals surface area contributed by atoms with Gasteiger partial charge in [0, 0.05) is 23.7 Å². The van der Waals surface area contributed by atoms with Gasteiger partial charge in [-0.05, 0) is 43.5 Å². The fourth-order valence-electron chi connectivity index (χ4n) is 4.91. The summed E-state index contributed by atoms with van der Waals surface area (Å²) in [6.07, 6.45) is 12.8. The molecule has 2 saturated carbocycles. The number of amides is 1. The largest absolute Gasteiger partial charge is 0.496 e. The molecule has 1 aromatic carbocycles. The first-order valence-corrected chi connectivity index (χ1v) is 12.5. The van der Waals surface area contributed by atoms with Crippen molar-refractivity contribution in [2.75, 3.05) is 14.2 Å². The highest BCUT2D eigenvalue weighted by Crippen LogP contribution is 2.41. The summed E-state index contributed by atoms with van der Waals surface area (Å²) in [6.45, 7) is 0. The molecular weight excluding hydrogens is 442 g/mol. The van der Waals surface area contributed by atoms with E-state index in [0.29, 0.717) is 16.2 Å². The summed E-state index contributed by atoms with van der Waals surface area (Å²) in [4.78, 5) is 32.1. The lowest BCUT2D eigenvalue weighted by Gasteiger charge is -2.31. The number of benzene rings is 1. The summed E-state index contributed by atoms with van der Waals surface area (Å²) in [6, 6.07) is 3.32. The molecule has 178 valence electrons. The topological polar surface area (TPSA) is 94.3 Å². The van der Waals surface area contributed by atoms with Crippen molar-refractivity contribution in [3.8, 4) is 11.5 Å². The maximum absolute atomic E-state index is 13.6. The lowest BCUT2D eigenvalue weighted by molar-refractivity contribution is -0.385. The number of nitrogens with zero attached hydrogens (tertiary/aromatic N) is 3. The van der Waals surface area contributed by atoms with Gasteiger partial charge in [-0.1, -0.05) is 38.5 Å². The van der Waals surface area contributed by atoms with Crippen molar-refractivity contribution in [3.05, 3.63) is 32.7 Å². The van der Waals surface area contributed by atoms with E-state index in [0.717, 1.165) is 43.7 Å². The van der Waals surface area contributed by atoms with E-state index < -0.39 is 4.92 Å². The van der Waals surface area contributed by atoms with Gasteiger partial charge in [-0.25, -0.2) is 0 Å². The van der Waals surface area contributed by atoms with Gasteiger partial charge < -0.3 is 9.47 Å². The molecule has 0 N–H and O–H groups in total. The standard InChI is InChI=1S/C24H31N3O5S/c1-31-20-15-21(32-2)19(27(29)30)13-16(20)14-22-23(28)26(18-11-7-4-8-12-18)24(33-22)25-17-9-5-3-6-10-17/h13-15,17-18H,3-12H2,1-2H3. The molecule has 4 rings (SSSR count). The number of aliphatic imine (C=N–C) groups is 1. The second-order valence-electron chi connectivity index (χ2n) is 8.80. The van der Waals surface area contributed by atoms with Crippen molar-refractivity contribution in [1.29, 1.82) is 0 Å². The van der Waals surface area contributed by atoms with Crippen LogP contribution in [0.4, 0.5) is 5.69 Å². The van der Waals surface area contributed by atoms with E-state index >= 15 is 0 Å². The highest BCUT2D eigenvalue weighted by molar-refractivity contribution is 8.18. The number of hydrogen-bond acceptors (Lipinski definition) is 7. The number of thioether (sulfide) groups is 1. The van der Waals surface area contributed by atoms with Crippen molar-refractivity contribution < 1.29 is 19.2 Å². The number of nitro groups is 1. The maximum Gasteiger partial charge on any atom is 0.311 e. The number of carbonyl (C=O) groups is 1. The first kappa shape index (κ1) is 23.6. The molecule has 9 heteroatoms. The monoisotopic (exact) mass is 473 g/mol. The zero-order chi connectivity index (χ0) is 23.4. The second-order valence-corrected chi connectivity index (χ2v) is 9.81. The van der Waals surface area contributed by atoms with Crippen LogP contribution in [0.2, 0.25) is 0 Å². The highest BCUT2D eigenvalue weighted by Gasteiger charge is 2.39. The Balaban J connectivity index is 1.71. The molecular formula is C24H31N3O5S. The van der Waals surface area contributed by atoms with Gasteiger partial charge in [0.15, 0.2) is 5.17 Å². The number of methoxy groups -OCH3 is 2. The van der Waals surface area contributed by atoms with Crippen LogP contribution < -0.4 is 9.47 Å². The third-order valence-corrected chi connectivity index (χ3v) is 7.66. The molecule has 1 heterocycles. The summed E-state index contributed by atoms with van der Waals surface area (Å²) in [5, 5.41) is 12.3. The predicted octanol–water partition coefficient (Wildman–Crippen LogP) is 5.55. The van der Waals surface area contributed by atoms with E-state index in [9.17, 15) is 14.9 Å². The molecule has 1 saturated heterocycles. The minimum absolute atomic E-state index is 0.0676. The molecule has 1 aromatic rings. The third-order valence-electron chi connectivity index (χ3n) is 6.66. The normalized spacial score (nSPS) is 22.8. The van der Waals surface area contributed by atoms with Crippen LogP contribution in [0.25, 0.3) is 6.08 Å². The van der Waals surface area contributed by atoms with Crippen molar-refractivity contribution in [2.24, 2.45) is 4.99 Å². The molecule has 0 radical (unpaired) electrons. The van der Waals surface area contributed by atoms with Crippen LogP contribution in [-0.4, -0.2) is 47.2 Å². The van der Waals surface area contributed by atoms with E-state index in [-0.39, 0.29) is 29.4 Å². The Morgan fingerprint density at radius 3 is 2.27 bits per heavy atom. The fourth-order valence-corrected chi connectivity index (χ4v) is 6.01. The smallest absolute Gasteiger partial charge is 0.311 e. The summed E-state index contributed by atoms with van der Waals surface area (Å²) in [7, 11) is 2.88. The first-order chi connectivity index (χ1) is 16.0. The minimum atomic E-state index is -0.492. The average Bonchev–Trinajstić information content (AvgIpc) is 3.14. The summed E-state index contributed by atoms with van der Waals surface area (Å²) >= 11 is 1.38. The van der Waals surface area contributed by atoms with Crippen molar-refractivity contribution >= 4 is 34.6 Å². The lowest BCUT2D eigenvalue weighted by atomic mass is 9.94. The van der Waals surface area contributed by atoms with Gasteiger partial charge in [-0.2, -0.15) is 0 Å². The number of nitro benzene ring substituents is 1. The number of ether oxygens (including phenoxy) is 2. The maximum atomic E-state index is 13.6. The molecule has 0 aromatic heterocycles. The summed E-state index contributed by atoms with van der Waals surface area (Å²) < 4.78 is 10.6. The van der Waals surface area contributed by atoms with Gasteiger partial charge in [0.2, 0.25) is 5.75 Å².